The van der Waals surface area contributed by atoms with Crippen LogP contribution in [0.2, 0.25) is 0 Å². The molecule has 0 spiro atoms. The average Bonchev–Trinajstić information content (AvgIpc) is 2.73. The zero-order valence-corrected chi connectivity index (χ0v) is 17.4. The van der Waals surface area contributed by atoms with Crippen molar-refractivity contribution in [3.8, 4) is 6.07 Å². The molecule has 0 saturated carbocycles. The van der Waals surface area contributed by atoms with Crippen LogP contribution in [0.3, 0.4) is 0 Å². The highest BCUT2D eigenvalue weighted by molar-refractivity contribution is 8.22. The van der Waals surface area contributed by atoms with Crippen molar-refractivity contribution in [3.05, 3.63) is 71.8 Å². The molecule has 1 N–H and O–H groups in total. The van der Waals surface area contributed by atoms with Gasteiger partial charge in [0.05, 0.1) is 39.3 Å². The molecule has 1 fully saturated rings. The number of nitrogens with zero attached hydrogens (tertiary/aromatic N) is 2. The van der Waals surface area contributed by atoms with Gasteiger partial charge in [-0.1, -0.05) is 84.6 Å². The number of likely N-dealkylation sites (N-methyl/N-ethyl adjacent to an activating group) is 1. The number of hydrogen-bond acceptors (Lipinski definition) is 3. The van der Waals surface area contributed by atoms with Gasteiger partial charge in [-0.15, -0.1) is 0 Å². The normalized spacial score (nSPS) is 15.3. The second-order valence-corrected chi connectivity index (χ2v) is 8.79. The molecule has 0 radical (unpaired) electrons. The van der Waals surface area contributed by atoms with Crippen molar-refractivity contribution < 1.29 is 4.90 Å². The molecule has 0 amide bonds. The number of rotatable bonds is 5. The van der Waals surface area contributed by atoms with Gasteiger partial charge in [0.1, 0.15) is 9.74 Å². The number of nitriles is 1. The summed E-state index contributed by atoms with van der Waals surface area (Å²) in [5.74, 6) is 0.829. The Morgan fingerprint density at radius 1 is 1.07 bits per heavy atom. The van der Waals surface area contributed by atoms with E-state index in [9.17, 15) is 5.26 Å². The van der Waals surface area contributed by atoms with E-state index in [-0.39, 0.29) is 0 Å². The highest BCUT2D eigenvalue weighted by atomic mass is 32.2. The molecular formula is C22H26N3S2+. The Morgan fingerprint density at radius 2 is 1.59 bits per heavy atom. The highest BCUT2D eigenvalue weighted by Gasteiger charge is 2.34. The van der Waals surface area contributed by atoms with Crippen molar-refractivity contribution in [2.24, 2.45) is 0 Å². The van der Waals surface area contributed by atoms with Gasteiger partial charge in [0.15, 0.2) is 0 Å². The second-order valence-electron chi connectivity index (χ2n) is 7.06. The van der Waals surface area contributed by atoms with Gasteiger partial charge in [0.25, 0.3) is 0 Å². The van der Waals surface area contributed by atoms with Crippen LogP contribution < -0.4 is 4.90 Å². The minimum Gasteiger partial charge on any atom is -0.346 e. The third-order valence-corrected chi connectivity index (χ3v) is 6.83. The molecular weight excluding hydrogens is 370 g/mol. The van der Waals surface area contributed by atoms with Crippen molar-refractivity contribution in [1.82, 2.24) is 4.90 Å². The van der Waals surface area contributed by atoms with E-state index in [1.807, 2.05) is 36.4 Å². The van der Waals surface area contributed by atoms with Crippen LogP contribution in [0.5, 0.6) is 0 Å². The first-order valence-corrected chi connectivity index (χ1v) is 10.8. The van der Waals surface area contributed by atoms with E-state index >= 15 is 0 Å². The fraction of sp³-hybridized carbons (Fsp3) is 0.364. The molecule has 1 heterocycles. The van der Waals surface area contributed by atoms with Crippen LogP contribution in [-0.2, 0) is 5.41 Å². The second kappa shape index (κ2) is 9.36. The summed E-state index contributed by atoms with van der Waals surface area (Å²) in [6.07, 6.45) is 0.737. The number of benzene rings is 2. The van der Waals surface area contributed by atoms with Crippen LogP contribution in [0.1, 0.15) is 17.5 Å². The Morgan fingerprint density at radius 3 is 2.07 bits per heavy atom. The van der Waals surface area contributed by atoms with Crippen molar-refractivity contribution in [2.75, 3.05) is 39.0 Å². The van der Waals surface area contributed by atoms with Gasteiger partial charge in [-0.3, -0.25) is 0 Å². The van der Waals surface area contributed by atoms with Gasteiger partial charge in [0.2, 0.25) is 0 Å². The average molecular weight is 397 g/mol. The summed E-state index contributed by atoms with van der Waals surface area (Å²) in [5.41, 5.74) is 1.46. The maximum Gasteiger partial charge on any atom is 0.136 e. The smallest absolute Gasteiger partial charge is 0.136 e. The molecule has 27 heavy (non-hydrogen) atoms. The van der Waals surface area contributed by atoms with Crippen LogP contribution in [0.4, 0.5) is 0 Å². The fourth-order valence-corrected chi connectivity index (χ4v) is 4.92. The quantitative estimate of drug-likeness (QED) is 0.788. The van der Waals surface area contributed by atoms with Crippen molar-refractivity contribution in [3.63, 3.8) is 0 Å². The lowest BCUT2D eigenvalue weighted by molar-refractivity contribution is -0.883. The van der Waals surface area contributed by atoms with E-state index in [1.165, 1.54) is 0 Å². The van der Waals surface area contributed by atoms with Crippen LogP contribution in [0, 0.1) is 11.3 Å². The minimum absolute atomic E-state index is 0.641. The molecule has 0 bridgehead atoms. The summed E-state index contributed by atoms with van der Waals surface area (Å²) in [5, 5.41) is 10.2. The third kappa shape index (κ3) is 4.70. The molecule has 0 atom stereocenters. The molecule has 3 rings (SSSR count). The Hall–Kier alpha value is -1.87. The van der Waals surface area contributed by atoms with Gasteiger partial charge in [-0.05, 0) is 17.5 Å². The Labute approximate surface area is 172 Å². The van der Waals surface area contributed by atoms with E-state index < -0.39 is 5.41 Å². The number of thioether (sulfide) groups is 1. The van der Waals surface area contributed by atoms with E-state index in [2.05, 4.69) is 42.3 Å². The van der Waals surface area contributed by atoms with E-state index in [1.54, 1.807) is 16.7 Å². The monoisotopic (exact) mass is 396 g/mol. The number of thiocarbonyl (C=S) groups is 1. The lowest BCUT2D eigenvalue weighted by atomic mass is 9.74. The molecule has 1 aliphatic heterocycles. The molecule has 1 saturated heterocycles. The third-order valence-electron chi connectivity index (χ3n) is 5.30. The van der Waals surface area contributed by atoms with Gasteiger partial charge >= 0.3 is 0 Å². The molecule has 0 aromatic heterocycles. The lowest BCUT2D eigenvalue weighted by Crippen LogP contribution is -3.12. The fourth-order valence-electron chi connectivity index (χ4n) is 3.54. The molecule has 3 nitrogen and oxygen atoms in total. The number of piperazine rings is 1. The summed E-state index contributed by atoms with van der Waals surface area (Å²) in [7, 11) is 2.23. The number of hydrogen-bond donors (Lipinski definition) is 1. The van der Waals surface area contributed by atoms with Crippen molar-refractivity contribution >= 4 is 28.3 Å². The maximum atomic E-state index is 10.2. The minimum atomic E-state index is -0.641. The van der Waals surface area contributed by atoms with Gasteiger partial charge in [-0.2, -0.15) is 5.26 Å². The van der Waals surface area contributed by atoms with Crippen LogP contribution in [0.15, 0.2) is 60.7 Å². The van der Waals surface area contributed by atoms with Gasteiger partial charge < -0.3 is 9.80 Å². The Balaban J connectivity index is 1.73. The van der Waals surface area contributed by atoms with E-state index in [4.69, 9.17) is 12.2 Å². The predicted octanol–water partition coefficient (Wildman–Crippen LogP) is 2.73. The summed E-state index contributed by atoms with van der Waals surface area (Å²) in [4.78, 5) is 3.88. The van der Waals surface area contributed by atoms with Crippen molar-refractivity contribution in [1.29, 1.82) is 5.26 Å². The SMILES string of the molecule is C[NH+]1CCN(C(=S)SCCC(C#N)(c2ccccc2)c2ccccc2)CC1. The number of quaternary nitrogens is 1. The predicted molar refractivity (Wildman–Crippen MR) is 117 cm³/mol. The van der Waals surface area contributed by atoms with Gasteiger partial charge in [0, 0.05) is 5.75 Å². The van der Waals surface area contributed by atoms with E-state index in [0.29, 0.717) is 0 Å². The zero-order chi connectivity index (χ0) is 19.1. The molecule has 1 aliphatic rings. The zero-order valence-electron chi connectivity index (χ0n) is 15.7. The van der Waals surface area contributed by atoms with E-state index in [0.717, 1.165) is 53.8 Å². The van der Waals surface area contributed by atoms with Crippen LogP contribution in [-0.4, -0.2) is 48.2 Å². The topological polar surface area (TPSA) is 31.5 Å². The first-order chi connectivity index (χ1) is 13.2. The molecule has 2 aromatic carbocycles. The largest absolute Gasteiger partial charge is 0.346 e. The molecule has 0 aliphatic carbocycles. The summed E-state index contributed by atoms with van der Waals surface area (Å²) in [6, 6.07) is 22.9. The first kappa shape index (κ1) is 19.9. The van der Waals surface area contributed by atoms with Crippen molar-refractivity contribution in [2.45, 2.75) is 11.8 Å². The number of nitrogens with one attached hydrogen (secondary N) is 1. The molecule has 5 heteroatoms. The van der Waals surface area contributed by atoms with Crippen LogP contribution in [0.25, 0.3) is 0 Å². The lowest BCUT2D eigenvalue weighted by Gasteiger charge is -2.32. The summed E-state index contributed by atoms with van der Waals surface area (Å²) >= 11 is 7.38. The Bertz CT molecular complexity index is 739. The molecule has 0 unspecified atom stereocenters. The molecule has 2 aromatic rings. The summed E-state index contributed by atoms with van der Waals surface area (Å²) < 4.78 is 0.968. The van der Waals surface area contributed by atoms with Gasteiger partial charge in [-0.25, -0.2) is 0 Å². The first-order valence-electron chi connectivity index (χ1n) is 9.41. The summed E-state index contributed by atoms with van der Waals surface area (Å²) in [6.45, 7) is 4.32. The molecule has 140 valence electrons. The Kier molecular flexibility index (Phi) is 6.89. The maximum absolute atomic E-state index is 10.2. The standard InChI is InChI=1S/C22H25N3S2/c1-24-13-15-25(16-14-24)21(26)27-17-12-22(18-23,19-8-4-2-5-9-19)20-10-6-3-7-11-20/h2-11H,12-17H2,1H3/p+1. The highest BCUT2D eigenvalue weighted by Crippen LogP contribution is 2.36. The van der Waals surface area contributed by atoms with Crippen LogP contribution >= 0.6 is 24.0 Å².